The number of nitrogen functional groups attached to an aromatic ring is 1. The maximum Gasteiger partial charge on any atom is 0.141 e. The Labute approximate surface area is 94.3 Å². The van der Waals surface area contributed by atoms with Gasteiger partial charge in [-0.05, 0) is 13.3 Å². The molecular formula is C11H15N5. The highest BCUT2D eigenvalue weighted by Crippen LogP contribution is 2.20. The fourth-order valence-corrected chi connectivity index (χ4v) is 1.61. The number of nitrogens with zero attached hydrogens (tertiary/aromatic N) is 4. The molecule has 0 spiro atoms. The lowest BCUT2D eigenvalue weighted by atomic mass is 10.2. The Bertz CT molecular complexity index is 472. The van der Waals surface area contributed by atoms with Crippen molar-refractivity contribution in [1.29, 1.82) is 0 Å². The molecule has 5 nitrogen and oxygen atoms in total. The van der Waals surface area contributed by atoms with Crippen molar-refractivity contribution in [3.05, 3.63) is 24.3 Å². The standard InChI is InChI=1S/C11H15N5/c1-3-4-16-8(2)9(5-15-16)10-6-14-11(12)7-13-10/h5-7H,3-4H2,1-2H3,(H2,12,14). The smallest absolute Gasteiger partial charge is 0.141 e. The number of aryl methyl sites for hydroxylation is 1. The molecule has 0 aromatic carbocycles. The molecule has 0 fully saturated rings. The van der Waals surface area contributed by atoms with E-state index >= 15 is 0 Å². The van der Waals surface area contributed by atoms with Crippen LogP contribution in [0.15, 0.2) is 18.6 Å². The van der Waals surface area contributed by atoms with E-state index in [1.807, 2.05) is 17.8 Å². The summed E-state index contributed by atoms with van der Waals surface area (Å²) in [5, 5.41) is 4.32. The van der Waals surface area contributed by atoms with Gasteiger partial charge in [-0.1, -0.05) is 6.92 Å². The molecule has 0 bridgehead atoms. The minimum absolute atomic E-state index is 0.433. The van der Waals surface area contributed by atoms with Crippen LogP contribution >= 0.6 is 0 Å². The van der Waals surface area contributed by atoms with Crippen LogP contribution in [0, 0.1) is 6.92 Å². The van der Waals surface area contributed by atoms with Crippen LogP contribution in [0.1, 0.15) is 19.0 Å². The van der Waals surface area contributed by atoms with E-state index in [9.17, 15) is 0 Å². The molecule has 0 radical (unpaired) electrons. The van der Waals surface area contributed by atoms with Gasteiger partial charge >= 0.3 is 0 Å². The SMILES string of the molecule is CCCn1ncc(-c2cnc(N)cn2)c1C. The van der Waals surface area contributed by atoms with Crippen LogP contribution in [-0.2, 0) is 6.54 Å². The topological polar surface area (TPSA) is 69.6 Å². The number of hydrogen-bond donors (Lipinski definition) is 1. The molecule has 2 aromatic rings. The van der Waals surface area contributed by atoms with Crippen LogP contribution < -0.4 is 5.73 Å². The van der Waals surface area contributed by atoms with Crippen molar-refractivity contribution in [2.24, 2.45) is 0 Å². The molecule has 0 unspecified atom stereocenters. The molecule has 2 heterocycles. The van der Waals surface area contributed by atoms with E-state index < -0.39 is 0 Å². The molecule has 84 valence electrons. The van der Waals surface area contributed by atoms with Gasteiger partial charge in [0.05, 0.1) is 24.3 Å². The Hall–Kier alpha value is -1.91. The van der Waals surface area contributed by atoms with E-state index in [1.165, 1.54) is 0 Å². The Morgan fingerprint density at radius 1 is 1.25 bits per heavy atom. The zero-order valence-corrected chi connectivity index (χ0v) is 9.51. The molecule has 0 aliphatic heterocycles. The molecule has 0 atom stereocenters. The average Bonchev–Trinajstić information content (AvgIpc) is 2.63. The van der Waals surface area contributed by atoms with Crippen molar-refractivity contribution in [2.75, 3.05) is 5.73 Å². The van der Waals surface area contributed by atoms with Gasteiger partial charge in [-0.2, -0.15) is 5.10 Å². The molecule has 0 saturated heterocycles. The van der Waals surface area contributed by atoms with Crippen molar-refractivity contribution in [3.8, 4) is 11.3 Å². The largest absolute Gasteiger partial charge is 0.382 e. The first kappa shape index (κ1) is 10.6. The fraction of sp³-hybridized carbons (Fsp3) is 0.364. The van der Waals surface area contributed by atoms with Crippen LogP contribution in [-0.4, -0.2) is 19.7 Å². The molecule has 16 heavy (non-hydrogen) atoms. The highest BCUT2D eigenvalue weighted by atomic mass is 15.3. The van der Waals surface area contributed by atoms with Crippen LogP contribution in [0.25, 0.3) is 11.3 Å². The van der Waals surface area contributed by atoms with Gasteiger partial charge in [-0.15, -0.1) is 0 Å². The molecule has 0 aliphatic rings. The lowest BCUT2D eigenvalue weighted by molar-refractivity contribution is 0.587. The summed E-state index contributed by atoms with van der Waals surface area (Å²) < 4.78 is 1.98. The molecule has 5 heteroatoms. The number of anilines is 1. The monoisotopic (exact) mass is 217 g/mol. The van der Waals surface area contributed by atoms with E-state index in [-0.39, 0.29) is 0 Å². The molecule has 0 saturated carbocycles. The first-order valence-electron chi connectivity index (χ1n) is 5.32. The highest BCUT2D eigenvalue weighted by molar-refractivity contribution is 5.60. The minimum Gasteiger partial charge on any atom is -0.382 e. The predicted octanol–water partition coefficient (Wildman–Crippen LogP) is 1.64. The average molecular weight is 217 g/mol. The predicted molar refractivity (Wildman–Crippen MR) is 62.7 cm³/mol. The lowest BCUT2D eigenvalue weighted by Crippen LogP contribution is -2.01. The number of nitrogens with two attached hydrogens (primary N) is 1. The third-order valence-corrected chi connectivity index (χ3v) is 2.49. The molecule has 0 aliphatic carbocycles. The zero-order chi connectivity index (χ0) is 11.5. The summed E-state index contributed by atoms with van der Waals surface area (Å²) in [5.41, 5.74) is 8.44. The van der Waals surface area contributed by atoms with Crippen molar-refractivity contribution in [1.82, 2.24) is 19.7 Å². The van der Waals surface area contributed by atoms with Crippen molar-refractivity contribution >= 4 is 5.82 Å². The first-order chi connectivity index (χ1) is 7.72. The summed E-state index contributed by atoms with van der Waals surface area (Å²) >= 11 is 0. The molecule has 2 aromatic heterocycles. The van der Waals surface area contributed by atoms with E-state index in [1.54, 1.807) is 12.4 Å². The van der Waals surface area contributed by atoms with Crippen molar-refractivity contribution in [2.45, 2.75) is 26.8 Å². The Morgan fingerprint density at radius 3 is 2.69 bits per heavy atom. The Morgan fingerprint density at radius 2 is 2.06 bits per heavy atom. The van der Waals surface area contributed by atoms with Crippen LogP contribution in [0.2, 0.25) is 0 Å². The first-order valence-corrected chi connectivity index (χ1v) is 5.32. The second-order valence-electron chi connectivity index (χ2n) is 3.69. The van der Waals surface area contributed by atoms with Gasteiger partial charge < -0.3 is 5.73 Å². The zero-order valence-electron chi connectivity index (χ0n) is 9.51. The van der Waals surface area contributed by atoms with E-state index in [0.717, 1.165) is 29.9 Å². The van der Waals surface area contributed by atoms with Crippen molar-refractivity contribution in [3.63, 3.8) is 0 Å². The summed E-state index contributed by atoms with van der Waals surface area (Å²) in [6.45, 7) is 5.09. The van der Waals surface area contributed by atoms with Gasteiger partial charge in [0, 0.05) is 17.8 Å². The molecule has 2 N–H and O–H groups in total. The lowest BCUT2D eigenvalue weighted by Gasteiger charge is -2.03. The summed E-state index contributed by atoms with van der Waals surface area (Å²) in [7, 11) is 0. The van der Waals surface area contributed by atoms with Gasteiger partial charge in [0.1, 0.15) is 5.82 Å². The molecular weight excluding hydrogens is 202 g/mol. The quantitative estimate of drug-likeness (QED) is 0.848. The third-order valence-electron chi connectivity index (χ3n) is 2.49. The van der Waals surface area contributed by atoms with E-state index in [0.29, 0.717) is 5.82 Å². The van der Waals surface area contributed by atoms with E-state index in [2.05, 4.69) is 22.0 Å². The van der Waals surface area contributed by atoms with Crippen LogP contribution in [0.5, 0.6) is 0 Å². The van der Waals surface area contributed by atoms with Gasteiger partial charge in [0.25, 0.3) is 0 Å². The second-order valence-corrected chi connectivity index (χ2v) is 3.69. The minimum atomic E-state index is 0.433. The summed E-state index contributed by atoms with van der Waals surface area (Å²) in [4.78, 5) is 8.27. The summed E-state index contributed by atoms with van der Waals surface area (Å²) in [6.07, 6.45) is 6.13. The maximum atomic E-state index is 5.50. The Balaban J connectivity index is 2.37. The van der Waals surface area contributed by atoms with Gasteiger partial charge in [-0.25, -0.2) is 4.98 Å². The van der Waals surface area contributed by atoms with E-state index in [4.69, 9.17) is 5.73 Å². The highest BCUT2D eigenvalue weighted by Gasteiger charge is 2.09. The number of aromatic nitrogens is 4. The third kappa shape index (κ3) is 1.88. The normalized spacial score (nSPS) is 10.6. The fourth-order valence-electron chi connectivity index (χ4n) is 1.61. The van der Waals surface area contributed by atoms with Crippen LogP contribution in [0.3, 0.4) is 0 Å². The summed E-state index contributed by atoms with van der Waals surface area (Å²) in [5.74, 6) is 0.433. The molecule has 2 rings (SSSR count). The maximum absolute atomic E-state index is 5.50. The van der Waals surface area contributed by atoms with Crippen molar-refractivity contribution < 1.29 is 0 Å². The Kier molecular flexibility index (Phi) is 2.85. The number of rotatable bonds is 3. The number of hydrogen-bond acceptors (Lipinski definition) is 4. The second kappa shape index (κ2) is 4.30. The molecule has 0 amide bonds. The van der Waals surface area contributed by atoms with Gasteiger partial charge in [-0.3, -0.25) is 9.67 Å². The van der Waals surface area contributed by atoms with Crippen LogP contribution in [0.4, 0.5) is 5.82 Å². The summed E-state index contributed by atoms with van der Waals surface area (Å²) in [6, 6.07) is 0. The van der Waals surface area contributed by atoms with Gasteiger partial charge in [0.2, 0.25) is 0 Å². The van der Waals surface area contributed by atoms with Gasteiger partial charge in [0.15, 0.2) is 0 Å².